The van der Waals surface area contributed by atoms with Crippen molar-refractivity contribution in [2.24, 2.45) is 0 Å². The summed E-state index contributed by atoms with van der Waals surface area (Å²) in [6, 6.07) is 11.8. The van der Waals surface area contributed by atoms with Crippen molar-refractivity contribution in [3.8, 4) is 16.5 Å². The zero-order valence-electron chi connectivity index (χ0n) is 15.4. The molecular weight excluding hydrogens is 396 g/mol. The van der Waals surface area contributed by atoms with Gasteiger partial charge in [0.2, 0.25) is 11.7 Å². The lowest BCUT2D eigenvalue weighted by Crippen LogP contribution is -2.41. The van der Waals surface area contributed by atoms with Crippen LogP contribution in [0.5, 0.6) is 5.75 Å². The summed E-state index contributed by atoms with van der Waals surface area (Å²) in [5.41, 5.74) is 0. The molecular formula is C19H18N4O5S. The number of likely N-dealkylation sites (tertiary alicyclic amines) is 1. The van der Waals surface area contributed by atoms with E-state index in [0.717, 1.165) is 24.2 Å². The second-order valence-corrected chi connectivity index (χ2v) is 7.61. The lowest BCUT2D eigenvalue weighted by atomic mass is 10.0. The van der Waals surface area contributed by atoms with Gasteiger partial charge < -0.3 is 14.2 Å². The van der Waals surface area contributed by atoms with Crippen LogP contribution in [0.1, 0.15) is 31.2 Å². The van der Waals surface area contributed by atoms with Gasteiger partial charge in [0.05, 0.1) is 9.80 Å². The first-order chi connectivity index (χ1) is 14.1. The van der Waals surface area contributed by atoms with Crippen molar-refractivity contribution in [1.82, 2.24) is 15.0 Å². The molecule has 0 unspecified atom stereocenters. The van der Waals surface area contributed by atoms with Crippen molar-refractivity contribution < 1.29 is 19.0 Å². The van der Waals surface area contributed by atoms with E-state index >= 15 is 0 Å². The zero-order valence-corrected chi connectivity index (χ0v) is 16.2. The van der Waals surface area contributed by atoms with E-state index < -0.39 is 4.92 Å². The van der Waals surface area contributed by atoms with Crippen LogP contribution in [0.15, 0.2) is 47.0 Å². The molecule has 10 heteroatoms. The summed E-state index contributed by atoms with van der Waals surface area (Å²) in [6.45, 7) is 0.516. The normalized spacial score (nSPS) is 16.6. The molecule has 1 atom stereocenters. The van der Waals surface area contributed by atoms with E-state index in [0.29, 0.717) is 29.5 Å². The average molecular weight is 414 g/mol. The first kappa shape index (κ1) is 19.1. The molecule has 9 nitrogen and oxygen atoms in total. The number of aromatic nitrogens is 2. The highest BCUT2D eigenvalue weighted by atomic mass is 32.1. The number of amides is 1. The smallest absolute Gasteiger partial charge is 0.324 e. The van der Waals surface area contributed by atoms with E-state index in [4.69, 9.17) is 9.26 Å². The molecule has 0 spiro atoms. The Labute approximate surface area is 170 Å². The Balaban J connectivity index is 1.47. The number of carbonyl (C=O) groups excluding carboxylic acids is 1. The number of nitro groups is 1. The van der Waals surface area contributed by atoms with E-state index in [2.05, 4.69) is 10.1 Å². The van der Waals surface area contributed by atoms with E-state index in [1.54, 1.807) is 23.1 Å². The standard InChI is InChI=1S/C19H18N4O5S/c24-16(12-27-13-6-2-1-3-7-13)22-11-5-4-8-14(22)19-20-18(21-28-19)15-9-10-17(29-15)23(25)26/h1-3,6-7,9-10,14H,4-5,8,11-12H2/t14-/m1/s1. The molecule has 0 radical (unpaired) electrons. The molecule has 1 aromatic carbocycles. The molecule has 0 aliphatic carbocycles. The Morgan fingerprint density at radius 3 is 2.86 bits per heavy atom. The summed E-state index contributed by atoms with van der Waals surface area (Å²) in [6.07, 6.45) is 2.55. The van der Waals surface area contributed by atoms with Gasteiger partial charge in [-0.25, -0.2) is 0 Å². The number of para-hydroxylation sites is 1. The highest BCUT2D eigenvalue weighted by Crippen LogP contribution is 2.34. The Kier molecular flexibility index (Phi) is 5.52. The molecule has 0 N–H and O–H groups in total. The van der Waals surface area contributed by atoms with Gasteiger partial charge in [-0.3, -0.25) is 14.9 Å². The molecule has 2 aromatic heterocycles. The highest BCUT2D eigenvalue weighted by molar-refractivity contribution is 7.18. The molecule has 3 aromatic rings. The number of hydrogen-bond acceptors (Lipinski definition) is 8. The van der Waals surface area contributed by atoms with Crippen molar-refractivity contribution in [1.29, 1.82) is 0 Å². The van der Waals surface area contributed by atoms with Gasteiger partial charge in [0, 0.05) is 12.6 Å². The lowest BCUT2D eigenvalue weighted by molar-refractivity contribution is -0.380. The predicted octanol–water partition coefficient (Wildman–Crippen LogP) is 3.84. The van der Waals surface area contributed by atoms with Crippen LogP contribution in [-0.4, -0.2) is 39.0 Å². The topological polar surface area (TPSA) is 112 Å². The number of ether oxygens (including phenoxy) is 1. The second-order valence-electron chi connectivity index (χ2n) is 6.55. The minimum absolute atomic E-state index is 0.0129. The fraction of sp³-hybridized carbons (Fsp3) is 0.316. The Morgan fingerprint density at radius 2 is 2.10 bits per heavy atom. The highest BCUT2D eigenvalue weighted by Gasteiger charge is 2.32. The largest absolute Gasteiger partial charge is 0.484 e. The average Bonchev–Trinajstić information content (AvgIpc) is 3.42. The Morgan fingerprint density at radius 1 is 1.28 bits per heavy atom. The van der Waals surface area contributed by atoms with Gasteiger partial charge >= 0.3 is 5.00 Å². The summed E-state index contributed by atoms with van der Waals surface area (Å²) in [5, 5.41) is 14.8. The molecule has 1 aliphatic heterocycles. The molecule has 0 bridgehead atoms. The quantitative estimate of drug-likeness (QED) is 0.445. The van der Waals surface area contributed by atoms with Gasteiger partial charge in [-0.1, -0.05) is 34.7 Å². The van der Waals surface area contributed by atoms with E-state index in [-0.39, 0.29) is 29.4 Å². The van der Waals surface area contributed by atoms with E-state index in [1.807, 2.05) is 18.2 Å². The third-order valence-corrected chi connectivity index (χ3v) is 5.68. The SMILES string of the molecule is O=C(COc1ccccc1)N1CCCC[C@@H]1c1nc(-c2ccc([N+](=O)[O-])s2)no1. The maximum absolute atomic E-state index is 12.7. The molecule has 4 rings (SSSR count). The van der Waals surface area contributed by atoms with Gasteiger partial charge in [0.15, 0.2) is 6.61 Å². The molecule has 3 heterocycles. The van der Waals surface area contributed by atoms with Crippen LogP contribution < -0.4 is 4.74 Å². The minimum atomic E-state index is -0.455. The molecule has 150 valence electrons. The van der Waals surface area contributed by atoms with Gasteiger partial charge in [0.1, 0.15) is 11.8 Å². The summed E-state index contributed by atoms with van der Waals surface area (Å²) in [5.74, 6) is 1.11. The fourth-order valence-electron chi connectivity index (χ4n) is 3.25. The van der Waals surface area contributed by atoms with Crippen molar-refractivity contribution in [3.63, 3.8) is 0 Å². The fourth-order valence-corrected chi connectivity index (χ4v) is 3.99. The first-order valence-electron chi connectivity index (χ1n) is 9.17. The molecule has 1 fully saturated rings. The molecule has 1 saturated heterocycles. The van der Waals surface area contributed by atoms with Crippen LogP contribution in [0, 0.1) is 10.1 Å². The summed E-state index contributed by atoms with van der Waals surface area (Å²) >= 11 is 0.982. The van der Waals surface area contributed by atoms with Crippen LogP contribution in [0.25, 0.3) is 10.7 Å². The number of benzene rings is 1. The first-order valence-corrected chi connectivity index (χ1v) is 9.99. The molecule has 1 amide bonds. The van der Waals surface area contributed by atoms with Crippen molar-refractivity contribution in [2.75, 3.05) is 13.2 Å². The zero-order chi connectivity index (χ0) is 20.2. The van der Waals surface area contributed by atoms with Gasteiger partial charge in [-0.15, -0.1) is 0 Å². The maximum Gasteiger partial charge on any atom is 0.324 e. The van der Waals surface area contributed by atoms with Gasteiger partial charge in [0.25, 0.3) is 5.91 Å². The number of piperidine rings is 1. The van der Waals surface area contributed by atoms with Gasteiger partial charge in [-0.05, 0) is 37.5 Å². The number of nitrogens with zero attached hydrogens (tertiary/aromatic N) is 4. The molecule has 1 aliphatic rings. The van der Waals surface area contributed by atoms with Gasteiger partial charge in [-0.2, -0.15) is 4.98 Å². The monoisotopic (exact) mass is 414 g/mol. The third kappa shape index (κ3) is 4.27. The van der Waals surface area contributed by atoms with Crippen LogP contribution in [-0.2, 0) is 4.79 Å². The number of carbonyl (C=O) groups is 1. The van der Waals surface area contributed by atoms with Crippen molar-refractivity contribution >= 4 is 22.2 Å². The number of thiophene rings is 1. The van der Waals surface area contributed by atoms with Crippen molar-refractivity contribution in [3.05, 3.63) is 58.5 Å². The minimum Gasteiger partial charge on any atom is -0.484 e. The van der Waals surface area contributed by atoms with Crippen LogP contribution in [0.4, 0.5) is 5.00 Å². The lowest BCUT2D eigenvalue weighted by Gasteiger charge is -2.33. The van der Waals surface area contributed by atoms with Crippen molar-refractivity contribution in [2.45, 2.75) is 25.3 Å². The van der Waals surface area contributed by atoms with Crippen LogP contribution in [0.3, 0.4) is 0 Å². The second kappa shape index (κ2) is 8.39. The number of hydrogen-bond donors (Lipinski definition) is 0. The summed E-state index contributed by atoms with van der Waals surface area (Å²) in [7, 11) is 0. The molecule has 29 heavy (non-hydrogen) atoms. The van der Waals surface area contributed by atoms with Crippen LogP contribution >= 0.6 is 11.3 Å². The third-order valence-electron chi connectivity index (χ3n) is 4.65. The summed E-state index contributed by atoms with van der Waals surface area (Å²) in [4.78, 5) is 29.8. The Hall–Kier alpha value is -3.27. The summed E-state index contributed by atoms with van der Waals surface area (Å²) < 4.78 is 11.0. The predicted molar refractivity (Wildman–Crippen MR) is 105 cm³/mol. The molecule has 0 saturated carbocycles. The van der Waals surface area contributed by atoms with E-state index in [1.165, 1.54) is 6.07 Å². The van der Waals surface area contributed by atoms with Crippen LogP contribution in [0.2, 0.25) is 0 Å². The van der Waals surface area contributed by atoms with E-state index in [9.17, 15) is 14.9 Å². The Bertz CT molecular complexity index is 1000. The maximum atomic E-state index is 12.7. The number of rotatable bonds is 6.